The minimum atomic E-state index is 0.240. The molecule has 1 aromatic carbocycles. The Morgan fingerprint density at radius 1 is 1.15 bits per heavy atom. The fourth-order valence-electron chi connectivity index (χ4n) is 3.67. The number of nitrogens with one attached hydrogen (secondary N) is 1. The molecule has 112 valence electrons. The summed E-state index contributed by atoms with van der Waals surface area (Å²) < 4.78 is 0. The van der Waals surface area contributed by atoms with Gasteiger partial charge in [0.2, 0.25) is 0 Å². The van der Waals surface area contributed by atoms with Crippen molar-refractivity contribution in [2.24, 2.45) is 5.41 Å². The van der Waals surface area contributed by atoms with Gasteiger partial charge in [0.15, 0.2) is 0 Å². The molecule has 0 radical (unpaired) electrons. The largest absolute Gasteiger partial charge is 0.314 e. The zero-order valence-corrected chi connectivity index (χ0v) is 13.7. The summed E-state index contributed by atoms with van der Waals surface area (Å²) in [6, 6.07) is 11.5. The molecule has 0 aliphatic heterocycles. The molecule has 1 fully saturated rings. The smallest absolute Gasteiger partial charge is 0.00472 e. The van der Waals surface area contributed by atoms with Crippen molar-refractivity contribution in [3.63, 3.8) is 0 Å². The summed E-state index contributed by atoms with van der Waals surface area (Å²) in [5.41, 5.74) is 2.23. The van der Waals surface area contributed by atoms with Gasteiger partial charge in [-0.05, 0) is 42.6 Å². The van der Waals surface area contributed by atoms with Crippen molar-refractivity contribution in [2.75, 3.05) is 6.54 Å². The first-order chi connectivity index (χ1) is 9.41. The average Bonchev–Trinajstić information content (AvgIpc) is 2.85. The van der Waals surface area contributed by atoms with Gasteiger partial charge < -0.3 is 5.32 Å². The topological polar surface area (TPSA) is 12.0 Å². The third-order valence-corrected chi connectivity index (χ3v) is 5.06. The Labute approximate surface area is 125 Å². The highest BCUT2D eigenvalue weighted by atomic mass is 14.9. The van der Waals surface area contributed by atoms with Crippen LogP contribution in [0.25, 0.3) is 0 Å². The van der Waals surface area contributed by atoms with E-state index in [-0.39, 0.29) is 5.41 Å². The van der Waals surface area contributed by atoms with Crippen molar-refractivity contribution in [1.82, 2.24) is 5.32 Å². The minimum Gasteiger partial charge on any atom is -0.314 e. The van der Waals surface area contributed by atoms with Crippen LogP contribution in [0.1, 0.15) is 65.4 Å². The molecule has 1 aliphatic carbocycles. The predicted octanol–water partition coefficient (Wildman–Crippen LogP) is 4.91. The summed E-state index contributed by atoms with van der Waals surface area (Å²) in [6.07, 6.45) is 6.82. The van der Waals surface area contributed by atoms with E-state index in [1.807, 2.05) is 0 Å². The molecule has 1 unspecified atom stereocenters. The summed E-state index contributed by atoms with van der Waals surface area (Å²) in [6.45, 7) is 10.7. The molecule has 1 atom stereocenters. The predicted molar refractivity (Wildman–Crippen MR) is 88.1 cm³/mol. The first kappa shape index (κ1) is 15.6. The normalized spacial score (nSPS) is 20.0. The van der Waals surface area contributed by atoms with Crippen LogP contribution >= 0.6 is 0 Å². The van der Waals surface area contributed by atoms with E-state index in [1.54, 1.807) is 0 Å². The van der Waals surface area contributed by atoms with Gasteiger partial charge in [-0.25, -0.2) is 0 Å². The van der Waals surface area contributed by atoms with E-state index in [1.165, 1.54) is 44.2 Å². The molecule has 1 aliphatic rings. The first-order valence-electron chi connectivity index (χ1n) is 8.20. The van der Waals surface area contributed by atoms with Crippen LogP contribution in [0.2, 0.25) is 0 Å². The van der Waals surface area contributed by atoms with E-state index in [0.717, 1.165) is 0 Å². The lowest BCUT2D eigenvalue weighted by molar-refractivity contribution is 0.283. The maximum atomic E-state index is 3.79. The van der Waals surface area contributed by atoms with Crippen LogP contribution in [-0.2, 0) is 5.41 Å². The van der Waals surface area contributed by atoms with E-state index in [0.29, 0.717) is 11.5 Å². The summed E-state index contributed by atoms with van der Waals surface area (Å²) in [7, 11) is 0. The Morgan fingerprint density at radius 2 is 1.75 bits per heavy atom. The lowest BCUT2D eigenvalue weighted by Gasteiger charge is -2.32. The molecule has 1 nitrogen and oxygen atoms in total. The van der Waals surface area contributed by atoms with Gasteiger partial charge in [-0.3, -0.25) is 0 Å². The maximum absolute atomic E-state index is 3.79. The van der Waals surface area contributed by atoms with Gasteiger partial charge in [-0.15, -0.1) is 0 Å². The summed E-state index contributed by atoms with van der Waals surface area (Å²) in [5, 5.41) is 3.79. The van der Waals surface area contributed by atoms with Gasteiger partial charge >= 0.3 is 0 Å². The highest BCUT2D eigenvalue weighted by Gasteiger charge is 2.29. The second kappa shape index (κ2) is 6.30. The molecule has 0 saturated heterocycles. The highest BCUT2D eigenvalue weighted by molar-refractivity contribution is 5.23. The summed E-state index contributed by atoms with van der Waals surface area (Å²) in [4.78, 5) is 0. The molecule has 0 spiro atoms. The van der Waals surface area contributed by atoms with E-state index < -0.39 is 0 Å². The quantitative estimate of drug-likeness (QED) is 0.776. The van der Waals surface area contributed by atoms with Crippen LogP contribution in [-0.4, -0.2) is 12.6 Å². The molecule has 1 N–H and O–H groups in total. The molecule has 20 heavy (non-hydrogen) atoms. The molecule has 1 saturated carbocycles. The Kier molecular flexibility index (Phi) is 4.90. The number of hydrogen-bond donors (Lipinski definition) is 1. The average molecular weight is 273 g/mol. The van der Waals surface area contributed by atoms with Crippen molar-refractivity contribution in [3.05, 3.63) is 35.9 Å². The second-order valence-electron chi connectivity index (χ2n) is 7.75. The highest BCUT2D eigenvalue weighted by Crippen LogP contribution is 2.37. The fourth-order valence-corrected chi connectivity index (χ4v) is 3.67. The molecular formula is C19H31N. The van der Waals surface area contributed by atoms with Gasteiger partial charge in [0.05, 0.1) is 0 Å². The zero-order valence-electron chi connectivity index (χ0n) is 13.7. The van der Waals surface area contributed by atoms with E-state index in [2.05, 4.69) is 63.3 Å². The molecule has 1 aromatic rings. The van der Waals surface area contributed by atoms with Crippen LogP contribution in [0.3, 0.4) is 0 Å². The number of benzene rings is 1. The van der Waals surface area contributed by atoms with Gasteiger partial charge in [0, 0.05) is 12.6 Å². The number of rotatable bonds is 6. The van der Waals surface area contributed by atoms with Crippen molar-refractivity contribution >= 4 is 0 Å². The summed E-state index contributed by atoms with van der Waals surface area (Å²) in [5.74, 6) is 0. The van der Waals surface area contributed by atoms with Crippen molar-refractivity contribution in [2.45, 2.75) is 71.3 Å². The lowest BCUT2D eigenvalue weighted by Crippen LogP contribution is -2.38. The van der Waals surface area contributed by atoms with E-state index in [9.17, 15) is 0 Å². The van der Waals surface area contributed by atoms with E-state index in [4.69, 9.17) is 0 Å². The van der Waals surface area contributed by atoms with Crippen molar-refractivity contribution < 1.29 is 0 Å². The van der Waals surface area contributed by atoms with Gasteiger partial charge in [-0.1, -0.05) is 63.9 Å². The van der Waals surface area contributed by atoms with E-state index >= 15 is 0 Å². The molecule has 0 amide bonds. The minimum absolute atomic E-state index is 0.240. The Morgan fingerprint density at radius 3 is 2.35 bits per heavy atom. The molecule has 0 heterocycles. The van der Waals surface area contributed by atoms with Crippen molar-refractivity contribution in [1.29, 1.82) is 0 Å². The molecule has 0 aromatic heterocycles. The third-order valence-electron chi connectivity index (χ3n) is 5.06. The van der Waals surface area contributed by atoms with Crippen LogP contribution in [0.15, 0.2) is 30.3 Å². The monoisotopic (exact) mass is 273 g/mol. The Balaban J connectivity index is 1.86. The van der Waals surface area contributed by atoms with Crippen LogP contribution in [0.5, 0.6) is 0 Å². The fraction of sp³-hybridized carbons (Fsp3) is 0.684. The van der Waals surface area contributed by atoms with Crippen LogP contribution in [0.4, 0.5) is 0 Å². The van der Waals surface area contributed by atoms with Crippen LogP contribution < -0.4 is 5.32 Å². The maximum Gasteiger partial charge on any atom is 0.00472 e. The zero-order chi connectivity index (χ0) is 14.6. The van der Waals surface area contributed by atoms with Crippen LogP contribution in [0, 0.1) is 5.41 Å². The van der Waals surface area contributed by atoms with Gasteiger partial charge in [-0.2, -0.15) is 0 Å². The van der Waals surface area contributed by atoms with Gasteiger partial charge in [0.1, 0.15) is 0 Å². The lowest BCUT2D eigenvalue weighted by atomic mass is 9.79. The number of hydrogen-bond acceptors (Lipinski definition) is 1. The summed E-state index contributed by atoms with van der Waals surface area (Å²) >= 11 is 0. The molecular weight excluding hydrogens is 242 g/mol. The van der Waals surface area contributed by atoms with Crippen molar-refractivity contribution in [3.8, 4) is 0 Å². The third kappa shape index (κ3) is 4.09. The Hall–Kier alpha value is -0.820. The SMILES string of the molecule is CC(CC(C)(C)c1ccccc1)NCC1(C)CCCC1. The standard InChI is InChI=1S/C19H31N/c1-16(20-15-19(4)12-8-9-13-19)14-18(2,3)17-10-6-5-7-11-17/h5-7,10-11,16,20H,8-9,12-15H2,1-4H3. The molecule has 1 heteroatoms. The molecule has 0 bridgehead atoms. The first-order valence-corrected chi connectivity index (χ1v) is 8.20. The van der Waals surface area contributed by atoms with Gasteiger partial charge in [0.25, 0.3) is 0 Å². The second-order valence-corrected chi connectivity index (χ2v) is 7.75. The Bertz CT molecular complexity index is 401. The molecule has 2 rings (SSSR count).